The minimum atomic E-state index is -0.417. The summed E-state index contributed by atoms with van der Waals surface area (Å²) in [5.74, 6) is 2.69. The van der Waals surface area contributed by atoms with Crippen LogP contribution in [0.1, 0.15) is 6.42 Å². The lowest BCUT2D eigenvalue weighted by Gasteiger charge is -2.36. The van der Waals surface area contributed by atoms with E-state index in [-0.39, 0.29) is 18.2 Å². The van der Waals surface area contributed by atoms with E-state index in [0.29, 0.717) is 36.6 Å². The second-order valence-electron chi connectivity index (χ2n) is 5.71. The first kappa shape index (κ1) is 16.1. The normalized spacial score (nSPS) is 17.5. The highest BCUT2D eigenvalue weighted by Crippen LogP contribution is 2.39. The molecule has 2 aliphatic heterocycles. The zero-order chi connectivity index (χ0) is 17.1. The average Bonchev–Trinajstić information content (AvgIpc) is 2.59. The van der Waals surface area contributed by atoms with Crippen LogP contribution in [0.3, 0.4) is 0 Å². The molecule has 0 spiro atoms. The number of nitrogens with one attached hydrogen (secondary N) is 1. The number of amides is 1. The van der Waals surface area contributed by atoms with Crippen LogP contribution in [0.2, 0.25) is 0 Å². The van der Waals surface area contributed by atoms with Crippen molar-refractivity contribution < 1.29 is 14.5 Å². The van der Waals surface area contributed by atoms with E-state index in [2.05, 4.69) is 16.1 Å². The highest BCUT2D eigenvalue weighted by Gasteiger charge is 2.28. The summed E-state index contributed by atoms with van der Waals surface area (Å²) in [6, 6.07) is 3.01. The molecule has 3 rings (SSSR count). The van der Waals surface area contributed by atoms with Gasteiger partial charge in [-0.05, 0) is 6.07 Å². The molecule has 1 N–H and O–H groups in total. The lowest BCUT2D eigenvalue weighted by atomic mass is 10.1. The lowest BCUT2D eigenvalue weighted by Crippen LogP contribution is -2.46. The molecule has 0 atom stereocenters. The van der Waals surface area contributed by atoms with Gasteiger partial charge in [-0.15, -0.1) is 12.3 Å². The van der Waals surface area contributed by atoms with Gasteiger partial charge in [0.1, 0.15) is 5.69 Å². The molecule has 0 aromatic heterocycles. The fraction of sp³-hybridized carbons (Fsp3) is 0.438. The van der Waals surface area contributed by atoms with Crippen LogP contribution in [-0.4, -0.2) is 55.1 Å². The number of rotatable bonds is 4. The smallest absolute Gasteiger partial charge is 0.296 e. The molecule has 24 heavy (non-hydrogen) atoms. The van der Waals surface area contributed by atoms with E-state index in [0.717, 1.165) is 19.6 Å². The van der Waals surface area contributed by atoms with E-state index >= 15 is 0 Å². The summed E-state index contributed by atoms with van der Waals surface area (Å²) in [5, 5.41) is 14.1. The Morgan fingerprint density at radius 1 is 1.33 bits per heavy atom. The van der Waals surface area contributed by atoms with Gasteiger partial charge in [0, 0.05) is 39.1 Å². The number of anilines is 2. The first-order valence-electron chi connectivity index (χ1n) is 7.74. The molecule has 2 heterocycles. The second kappa shape index (κ2) is 6.76. The largest absolute Gasteiger partial charge is 0.481 e. The fourth-order valence-electron chi connectivity index (χ4n) is 2.94. The molecule has 1 aromatic carbocycles. The summed E-state index contributed by atoms with van der Waals surface area (Å²) in [4.78, 5) is 26.7. The molecule has 1 fully saturated rings. The molecule has 0 bridgehead atoms. The number of nitro benzene ring substituents is 1. The van der Waals surface area contributed by atoms with Gasteiger partial charge in [-0.3, -0.25) is 19.8 Å². The standard InChI is InChI=1S/C16H18N4O4/c1-2-3-4-18-5-7-19(8-6-18)13-9-12-15(10-14(13)20(22)23)24-11-16(21)17-12/h1,9-10H,3-8,11H2,(H,17,21). The maximum atomic E-state index is 11.5. The number of terminal acetylenes is 1. The molecular weight excluding hydrogens is 312 g/mol. The van der Waals surface area contributed by atoms with E-state index in [9.17, 15) is 14.9 Å². The minimum absolute atomic E-state index is 0.0121. The third-order valence-electron chi connectivity index (χ3n) is 4.19. The monoisotopic (exact) mass is 330 g/mol. The van der Waals surface area contributed by atoms with Crippen molar-refractivity contribution in [2.24, 2.45) is 0 Å². The van der Waals surface area contributed by atoms with Crippen molar-refractivity contribution in [1.29, 1.82) is 0 Å². The van der Waals surface area contributed by atoms with Crippen LogP contribution in [0.5, 0.6) is 5.75 Å². The quantitative estimate of drug-likeness (QED) is 0.505. The van der Waals surface area contributed by atoms with Crippen molar-refractivity contribution >= 4 is 23.0 Å². The van der Waals surface area contributed by atoms with Gasteiger partial charge < -0.3 is 15.0 Å². The number of benzene rings is 1. The Hall–Kier alpha value is -2.79. The van der Waals surface area contributed by atoms with Crippen molar-refractivity contribution in [1.82, 2.24) is 4.90 Å². The zero-order valence-corrected chi connectivity index (χ0v) is 13.2. The molecule has 1 amide bonds. The van der Waals surface area contributed by atoms with Gasteiger partial charge in [0.05, 0.1) is 16.7 Å². The molecule has 0 saturated carbocycles. The SMILES string of the molecule is C#CCCN1CCN(c2cc3c(cc2[N+](=O)[O-])OCC(=O)N3)CC1. The fourth-order valence-corrected chi connectivity index (χ4v) is 2.94. The Balaban J connectivity index is 1.82. The molecule has 1 aromatic rings. The molecule has 8 nitrogen and oxygen atoms in total. The number of nitrogens with zero attached hydrogens (tertiary/aromatic N) is 3. The van der Waals surface area contributed by atoms with Gasteiger partial charge in [-0.25, -0.2) is 0 Å². The average molecular weight is 330 g/mol. The van der Waals surface area contributed by atoms with Crippen LogP contribution in [0.15, 0.2) is 12.1 Å². The predicted molar refractivity (Wildman–Crippen MR) is 89.3 cm³/mol. The second-order valence-corrected chi connectivity index (χ2v) is 5.71. The van der Waals surface area contributed by atoms with E-state index in [4.69, 9.17) is 11.2 Å². The van der Waals surface area contributed by atoms with Crippen LogP contribution in [-0.2, 0) is 4.79 Å². The van der Waals surface area contributed by atoms with Crippen LogP contribution in [0, 0.1) is 22.5 Å². The van der Waals surface area contributed by atoms with Gasteiger partial charge in [-0.1, -0.05) is 0 Å². The van der Waals surface area contributed by atoms with Crippen molar-refractivity contribution in [2.75, 3.05) is 49.5 Å². The van der Waals surface area contributed by atoms with E-state index in [1.807, 2.05) is 4.90 Å². The molecule has 126 valence electrons. The first-order chi connectivity index (χ1) is 11.6. The van der Waals surface area contributed by atoms with Crippen molar-refractivity contribution in [3.63, 3.8) is 0 Å². The minimum Gasteiger partial charge on any atom is -0.481 e. The van der Waals surface area contributed by atoms with Gasteiger partial charge in [0.15, 0.2) is 12.4 Å². The third-order valence-corrected chi connectivity index (χ3v) is 4.19. The first-order valence-corrected chi connectivity index (χ1v) is 7.74. The topological polar surface area (TPSA) is 88.0 Å². The number of piperazine rings is 1. The van der Waals surface area contributed by atoms with E-state index < -0.39 is 4.92 Å². The Morgan fingerprint density at radius 3 is 2.75 bits per heavy atom. The van der Waals surface area contributed by atoms with E-state index in [1.54, 1.807) is 6.07 Å². The lowest BCUT2D eigenvalue weighted by molar-refractivity contribution is -0.384. The van der Waals surface area contributed by atoms with Gasteiger partial charge in [-0.2, -0.15) is 0 Å². The maximum absolute atomic E-state index is 11.5. The molecule has 8 heteroatoms. The summed E-state index contributed by atoms with van der Waals surface area (Å²) in [5.41, 5.74) is 0.963. The number of carbonyl (C=O) groups is 1. The van der Waals surface area contributed by atoms with Crippen LogP contribution >= 0.6 is 0 Å². The maximum Gasteiger partial charge on any atom is 0.296 e. The Kier molecular flexibility index (Phi) is 4.53. The van der Waals surface area contributed by atoms with Crippen molar-refractivity contribution in [2.45, 2.75) is 6.42 Å². The number of carbonyl (C=O) groups excluding carboxylic acids is 1. The number of nitro groups is 1. The highest BCUT2D eigenvalue weighted by molar-refractivity contribution is 5.97. The molecule has 0 radical (unpaired) electrons. The highest BCUT2D eigenvalue weighted by atomic mass is 16.6. The molecule has 1 saturated heterocycles. The Morgan fingerprint density at radius 2 is 2.08 bits per heavy atom. The number of fused-ring (bicyclic) bond motifs is 1. The summed E-state index contributed by atoms with van der Waals surface area (Å²) in [6.45, 7) is 3.62. The summed E-state index contributed by atoms with van der Waals surface area (Å²) < 4.78 is 5.27. The van der Waals surface area contributed by atoms with E-state index in [1.165, 1.54) is 6.07 Å². The number of hydrogen-bond acceptors (Lipinski definition) is 6. The molecule has 0 aliphatic carbocycles. The van der Waals surface area contributed by atoms with Crippen LogP contribution in [0.25, 0.3) is 0 Å². The summed E-state index contributed by atoms with van der Waals surface area (Å²) in [6.07, 6.45) is 5.98. The van der Waals surface area contributed by atoms with Gasteiger partial charge in [0.2, 0.25) is 0 Å². The van der Waals surface area contributed by atoms with Crippen molar-refractivity contribution in [3.05, 3.63) is 22.2 Å². The third kappa shape index (κ3) is 3.26. The Bertz CT molecular complexity index is 705. The number of hydrogen-bond donors (Lipinski definition) is 1. The van der Waals surface area contributed by atoms with Gasteiger partial charge >= 0.3 is 0 Å². The van der Waals surface area contributed by atoms with Crippen LogP contribution < -0.4 is 15.0 Å². The summed E-state index contributed by atoms with van der Waals surface area (Å²) in [7, 11) is 0. The number of ether oxygens (including phenoxy) is 1. The molecule has 0 unspecified atom stereocenters. The molecule has 2 aliphatic rings. The zero-order valence-electron chi connectivity index (χ0n) is 13.2. The van der Waals surface area contributed by atoms with Gasteiger partial charge in [0.25, 0.3) is 11.6 Å². The Labute approximate surface area is 139 Å². The predicted octanol–water partition coefficient (Wildman–Crippen LogP) is 1.07. The summed E-state index contributed by atoms with van der Waals surface area (Å²) >= 11 is 0. The van der Waals surface area contributed by atoms with Crippen molar-refractivity contribution in [3.8, 4) is 18.1 Å². The van der Waals surface area contributed by atoms with Crippen LogP contribution in [0.4, 0.5) is 17.1 Å². The molecular formula is C16H18N4O4.